The van der Waals surface area contributed by atoms with E-state index in [0.717, 1.165) is 0 Å². The summed E-state index contributed by atoms with van der Waals surface area (Å²) in [7, 11) is -3.31. The Hall–Kier alpha value is -1.40. The zero-order chi connectivity index (χ0) is 13.8. The quantitative estimate of drug-likeness (QED) is 0.821. The monoisotopic (exact) mass is 271 g/mol. The van der Waals surface area contributed by atoms with Crippen LogP contribution in [0.15, 0.2) is 29.2 Å². The molecule has 1 aromatic rings. The second kappa shape index (κ2) is 5.97. The summed E-state index contributed by atoms with van der Waals surface area (Å²) in [6, 6.07) is 5.76. The minimum absolute atomic E-state index is 0.133. The Morgan fingerprint density at radius 2 is 1.83 bits per heavy atom. The average molecular weight is 271 g/mol. The summed E-state index contributed by atoms with van der Waals surface area (Å²) in [6.45, 7) is 3.25. The van der Waals surface area contributed by atoms with Crippen LogP contribution in [0.1, 0.15) is 24.2 Å². The first-order valence-electron chi connectivity index (χ1n) is 5.62. The van der Waals surface area contributed by atoms with Crippen molar-refractivity contribution < 1.29 is 18.3 Å². The van der Waals surface area contributed by atoms with E-state index in [9.17, 15) is 13.2 Å². The minimum Gasteiger partial charge on any atom is -0.395 e. The zero-order valence-electron chi connectivity index (χ0n) is 10.4. The minimum atomic E-state index is -3.31. The molecule has 1 aromatic carbocycles. The molecule has 18 heavy (non-hydrogen) atoms. The van der Waals surface area contributed by atoms with Crippen LogP contribution in [0.3, 0.4) is 0 Å². The maximum absolute atomic E-state index is 11.9. The number of hydrogen-bond acceptors (Lipinski definition) is 4. The first-order valence-corrected chi connectivity index (χ1v) is 7.17. The summed E-state index contributed by atoms with van der Waals surface area (Å²) >= 11 is 0. The molecule has 2 N–H and O–H groups in total. The largest absolute Gasteiger partial charge is 0.395 e. The van der Waals surface area contributed by atoms with E-state index in [2.05, 4.69) is 5.32 Å². The smallest absolute Gasteiger partial charge is 0.251 e. The zero-order valence-corrected chi connectivity index (χ0v) is 11.2. The van der Waals surface area contributed by atoms with E-state index in [-0.39, 0.29) is 24.0 Å². The number of sulfone groups is 1. The molecule has 0 aliphatic heterocycles. The maximum Gasteiger partial charge on any atom is 0.251 e. The lowest BCUT2D eigenvalue weighted by Gasteiger charge is -2.08. The lowest BCUT2D eigenvalue weighted by atomic mass is 10.2. The fourth-order valence-electron chi connectivity index (χ4n) is 1.34. The van der Waals surface area contributed by atoms with Crippen molar-refractivity contribution in [3.8, 4) is 0 Å². The lowest BCUT2D eigenvalue weighted by Crippen LogP contribution is -2.26. The Labute approximate surface area is 107 Å². The second-order valence-corrected chi connectivity index (χ2v) is 6.60. The Morgan fingerprint density at radius 3 is 2.28 bits per heavy atom. The van der Waals surface area contributed by atoms with Gasteiger partial charge in [-0.05, 0) is 38.1 Å². The van der Waals surface area contributed by atoms with Gasteiger partial charge in [-0.15, -0.1) is 0 Å². The van der Waals surface area contributed by atoms with Crippen molar-refractivity contribution in [2.24, 2.45) is 0 Å². The summed E-state index contributed by atoms with van der Waals surface area (Å²) in [5.74, 6) is -0.336. The first kappa shape index (κ1) is 14.7. The molecule has 1 rings (SSSR count). The topological polar surface area (TPSA) is 83.5 Å². The number of aliphatic hydroxyl groups is 1. The van der Waals surface area contributed by atoms with Gasteiger partial charge in [0.2, 0.25) is 0 Å². The number of rotatable bonds is 5. The molecular formula is C12H17NO4S. The molecule has 1 amide bonds. The molecule has 0 unspecified atom stereocenters. The van der Waals surface area contributed by atoms with Gasteiger partial charge in [-0.3, -0.25) is 4.79 Å². The van der Waals surface area contributed by atoms with E-state index < -0.39 is 15.1 Å². The molecule has 100 valence electrons. The highest BCUT2D eigenvalue weighted by molar-refractivity contribution is 7.92. The Balaban J connectivity index is 2.90. The van der Waals surface area contributed by atoms with Crippen molar-refractivity contribution in [3.63, 3.8) is 0 Å². The van der Waals surface area contributed by atoms with Gasteiger partial charge >= 0.3 is 0 Å². The van der Waals surface area contributed by atoms with Gasteiger partial charge in [-0.1, -0.05) is 0 Å². The van der Waals surface area contributed by atoms with E-state index >= 15 is 0 Å². The summed E-state index contributed by atoms with van der Waals surface area (Å²) in [5, 5.41) is 10.6. The van der Waals surface area contributed by atoms with Crippen molar-refractivity contribution >= 4 is 15.7 Å². The molecule has 0 aliphatic carbocycles. The summed E-state index contributed by atoms with van der Waals surface area (Å²) < 4.78 is 23.7. The van der Waals surface area contributed by atoms with Crippen molar-refractivity contribution in [1.29, 1.82) is 0 Å². The van der Waals surface area contributed by atoms with Gasteiger partial charge in [-0.25, -0.2) is 8.42 Å². The molecule has 6 heteroatoms. The number of amides is 1. The lowest BCUT2D eigenvalue weighted by molar-refractivity contribution is 0.0944. The first-order chi connectivity index (χ1) is 8.39. The van der Waals surface area contributed by atoms with E-state index in [0.29, 0.717) is 5.56 Å². The van der Waals surface area contributed by atoms with Crippen molar-refractivity contribution in [2.75, 3.05) is 13.2 Å². The number of carbonyl (C=O) groups is 1. The number of nitrogens with one attached hydrogen (secondary N) is 1. The summed E-state index contributed by atoms with van der Waals surface area (Å²) in [4.78, 5) is 11.7. The number of aliphatic hydroxyl groups excluding tert-OH is 1. The molecule has 0 fully saturated rings. The third kappa shape index (κ3) is 3.30. The Bertz CT molecular complexity index is 505. The Morgan fingerprint density at radius 1 is 1.28 bits per heavy atom. The van der Waals surface area contributed by atoms with E-state index in [4.69, 9.17) is 5.11 Å². The molecule has 0 saturated heterocycles. The standard InChI is InChI=1S/C12H17NO4S/c1-9(2)18(16,17)11-5-3-10(4-6-11)12(15)13-7-8-14/h3-6,9,14H,7-8H2,1-2H3,(H,13,15). The van der Waals surface area contributed by atoms with Crippen LogP contribution in [-0.2, 0) is 9.84 Å². The van der Waals surface area contributed by atoms with Crippen LogP contribution in [0.5, 0.6) is 0 Å². The number of hydrogen-bond donors (Lipinski definition) is 2. The van der Waals surface area contributed by atoms with Gasteiger partial charge in [0.1, 0.15) is 0 Å². The van der Waals surface area contributed by atoms with Crippen molar-refractivity contribution in [2.45, 2.75) is 24.0 Å². The van der Waals surface area contributed by atoms with Crippen LogP contribution in [-0.4, -0.2) is 37.8 Å². The van der Waals surface area contributed by atoms with Crippen LogP contribution in [0, 0.1) is 0 Å². The fraction of sp³-hybridized carbons (Fsp3) is 0.417. The fourth-order valence-corrected chi connectivity index (χ4v) is 2.40. The van der Waals surface area contributed by atoms with Crippen LogP contribution >= 0.6 is 0 Å². The van der Waals surface area contributed by atoms with Crippen molar-refractivity contribution in [3.05, 3.63) is 29.8 Å². The molecule has 0 spiro atoms. The van der Waals surface area contributed by atoms with Crippen LogP contribution in [0.25, 0.3) is 0 Å². The molecule has 0 radical (unpaired) electrons. The third-order valence-corrected chi connectivity index (χ3v) is 4.63. The van der Waals surface area contributed by atoms with Crippen molar-refractivity contribution in [1.82, 2.24) is 5.32 Å². The predicted octanol–water partition coefficient (Wildman–Crippen LogP) is 0.591. The van der Waals surface area contributed by atoms with Gasteiger partial charge in [0.05, 0.1) is 16.8 Å². The van der Waals surface area contributed by atoms with Gasteiger partial charge in [0.15, 0.2) is 9.84 Å². The highest BCUT2D eigenvalue weighted by Crippen LogP contribution is 2.16. The molecule has 0 aliphatic rings. The molecule has 0 atom stereocenters. The van der Waals surface area contributed by atoms with Gasteiger partial charge < -0.3 is 10.4 Å². The summed E-state index contributed by atoms with van der Waals surface area (Å²) in [5.41, 5.74) is 0.367. The molecule has 5 nitrogen and oxygen atoms in total. The number of benzene rings is 1. The van der Waals surface area contributed by atoms with Crippen LogP contribution in [0.2, 0.25) is 0 Å². The highest BCUT2D eigenvalue weighted by atomic mass is 32.2. The van der Waals surface area contributed by atoms with E-state index in [1.54, 1.807) is 13.8 Å². The normalized spacial score (nSPS) is 11.6. The molecule has 0 saturated carbocycles. The van der Waals surface area contributed by atoms with E-state index in [1.165, 1.54) is 24.3 Å². The molecule has 0 bridgehead atoms. The van der Waals surface area contributed by atoms with Crippen LogP contribution < -0.4 is 5.32 Å². The van der Waals surface area contributed by atoms with Gasteiger partial charge in [0.25, 0.3) is 5.91 Å². The predicted molar refractivity (Wildman–Crippen MR) is 68.2 cm³/mol. The average Bonchev–Trinajstić information content (AvgIpc) is 2.35. The van der Waals surface area contributed by atoms with Crippen LogP contribution in [0.4, 0.5) is 0 Å². The summed E-state index contributed by atoms with van der Waals surface area (Å²) in [6.07, 6.45) is 0. The molecular weight excluding hydrogens is 254 g/mol. The number of carbonyl (C=O) groups excluding carboxylic acids is 1. The maximum atomic E-state index is 11.9. The van der Waals surface area contributed by atoms with E-state index in [1.807, 2.05) is 0 Å². The second-order valence-electron chi connectivity index (χ2n) is 4.10. The highest BCUT2D eigenvalue weighted by Gasteiger charge is 2.19. The third-order valence-electron chi connectivity index (χ3n) is 2.46. The Kier molecular flexibility index (Phi) is 4.86. The van der Waals surface area contributed by atoms with Gasteiger partial charge in [-0.2, -0.15) is 0 Å². The van der Waals surface area contributed by atoms with Gasteiger partial charge in [0, 0.05) is 12.1 Å². The molecule has 0 heterocycles. The SMILES string of the molecule is CC(C)S(=O)(=O)c1ccc(C(=O)NCCO)cc1. The molecule has 0 aromatic heterocycles.